The van der Waals surface area contributed by atoms with Gasteiger partial charge >= 0.3 is 0 Å². The first kappa shape index (κ1) is 29.2. The lowest BCUT2D eigenvalue weighted by molar-refractivity contribution is -0.141. The van der Waals surface area contributed by atoms with Crippen LogP contribution in [0.25, 0.3) is 0 Å². The summed E-state index contributed by atoms with van der Waals surface area (Å²) in [5.41, 5.74) is 3.21. The molecule has 6 heteroatoms. The van der Waals surface area contributed by atoms with Gasteiger partial charge in [0, 0.05) is 25.4 Å². The number of carbonyl (C=O) groups excluding carboxylic acids is 2. The third kappa shape index (κ3) is 8.87. The molecule has 0 spiro atoms. The molecule has 2 amide bonds. The molecule has 1 fully saturated rings. The topological polar surface area (TPSA) is 67.9 Å². The van der Waals surface area contributed by atoms with Crippen molar-refractivity contribution >= 4 is 11.8 Å². The molecule has 0 aliphatic heterocycles. The quantitative estimate of drug-likeness (QED) is 0.259. The second-order valence-corrected chi connectivity index (χ2v) is 10.7. The Labute approximate surface area is 238 Å². The Hall–Kier alpha value is -3.80. The van der Waals surface area contributed by atoms with Crippen molar-refractivity contribution in [1.82, 2.24) is 10.2 Å². The number of ether oxygens (including phenoxy) is 2. The first-order valence-corrected chi connectivity index (χ1v) is 14.5. The minimum atomic E-state index is -0.597. The van der Waals surface area contributed by atoms with Crippen LogP contribution in [0, 0.1) is 6.92 Å². The molecule has 4 rings (SSSR count). The molecule has 0 heterocycles. The molecular formula is C34H42N2O4. The van der Waals surface area contributed by atoms with Gasteiger partial charge in [0.25, 0.3) is 0 Å². The highest BCUT2D eigenvalue weighted by atomic mass is 16.5. The Bertz CT molecular complexity index is 1190. The van der Waals surface area contributed by atoms with Crippen molar-refractivity contribution in [2.24, 2.45) is 0 Å². The number of amides is 2. The van der Waals surface area contributed by atoms with Crippen molar-refractivity contribution in [3.8, 4) is 11.5 Å². The van der Waals surface area contributed by atoms with E-state index < -0.39 is 6.04 Å². The molecule has 0 saturated heterocycles. The van der Waals surface area contributed by atoms with Crippen molar-refractivity contribution in [1.29, 1.82) is 0 Å². The van der Waals surface area contributed by atoms with E-state index in [0.717, 1.165) is 53.9 Å². The van der Waals surface area contributed by atoms with Gasteiger partial charge in [-0.2, -0.15) is 0 Å². The number of rotatable bonds is 13. The summed E-state index contributed by atoms with van der Waals surface area (Å²) in [6.07, 6.45) is 6.80. The number of methoxy groups -OCH3 is 1. The summed E-state index contributed by atoms with van der Waals surface area (Å²) in [5, 5.41) is 3.30. The number of aryl methyl sites for hydroxylation is 1. The lowest BCUT2D eigenvalue weighted by Crippen LogP contribution is -2.52. The van der Waals surface area contributed by atoms with Gasteiger partial charge in [-0.25, -0.2) is 0 Å². The fourth-order valence-electron chi connectivity index (χ4n) is 5.22. The van der Waals surface area contributed by atoms with E-state index >= 15 is 0 Å². The van der Waals surface area contributed by atoms with Gasteiger partial charge in [-0.1, -0.05) is 79.4 Å². The maximum absolute atomic E-state index is 13.8. The lowest BCUT2D eigenvalue weighted by atomic mass is 9.94. The average molecular weight is 543 g/mol. The largest absolute Gasteiger partial charge is 0.497 e. The van der Waals surface area contributed by atoms with Crippen LogP contribution >= 0.6 is 0 Å². The van der Waals surface area contributed by atoms with E-state index in [-0.39, 0.29) is 17.9 Å². The zero-order valence-electron chi connectivity index (χ0n) is 23.8. The second-order valence-electron chi connectivity index (χ2n) is 10.7. The Morgan fingerprint density at radius 1 is 0.875 bits per heavy atom. The van der Waals surface area contributed by atoms with Crippen LogP contribution in [-0.4, -0.2) is 42.5 Å². The third-order valence-electron chi connectivity index (χ3n) is 7.56. The normalized spacial score (nSPS) is 14.2. The molecule has 0 radical (unpaired) electrons. The van der Waals surface area contributed by atoms with E-state index in [4.69, 9.17) is 9.47 Å². The van der Waals surface area contributed by atoms with Crippen LogP contribution in [-0.2, 0) is 22.6 Å². The van der Waals surface area contributed by atoms with E-state index in [9.17, 15) is 9.59 Å². The van der Waals surface area contributed by atoms with E-state index in [1.165, 1.54) is 6.42 Å². The molecule has 40 heavy (non-hydrogen) atoms. The molecule has 1 N–H and O–H groups in total. The first-order chi connectivity index (χ1) is 19.5. The maximum atomic E-state index is 13.8. The van der Waals surface area contributed by atoms with E-state index in [1.54, 1.807) is 12.0 Å². The first-order valence-electron chi connectivity index (χ1n) is 14.5. The van der Waals surface area contributed by atoms with E-state index in [0.29, 0.717) is 32.4 Å². The minimum Gasteiger partial charge on any atom is -0.497 e. The van der Waals surface area contributed by atoms with Crippen molar-refractivity contribution in [2.45, 2.75) is 76.9 Å². The van der Waals surface area contributed by atoms with Gasteiger partial charge < -0.3 is 19.7 Å². The Balaban J connectivity index is 1.50. The van der Waals surface area contributed by atoms with Gasteiger partial charge in [0.2, 0.25) is 11.8 Å². The van der Waals surface area contributed by atoms with Crippen molar-refractivity contribution in [3.63, 3.8) is 0 Å². The average Bonchev–Trinajstić information content (AvgIpc) is 2.99. The van der Waals surface area contributed by atoms with E-state index in [1.807, 2.05) is 73.7 Å². The van der Waals surface area contributed by atoms with Gasteiger partial charge in [-0.15, -0.1) is 0 Å². The van der Waals surface area contributed by atoms with Gasteiger partial charge in [0.05, 0.1) is 13.7 Å². The fraction of sp³-hybridized carbons (Fsp3) is 0.412. The molecular weight excluding hydrogens is 500 g/mol. The molecule has 0 aromatic heterocycles. The van der Waals surface area contributed by atoms with Crippen LogP contribution in [0.4, 0.5) is 0 Å². The molecule has 0 bridgehead atoms. The van der Waals surface area contributed by atoms with Gasteiger partial charge in [-0.3, -0.25) is 9.59 Å². The van der Waals surface area contributed by atoms with Gasteiger partial charge in [0.15, 0.2) is 0 Å². The fourth-order valence-corrected chi connectivity index (χ4v) is 5.22. The zero-order valence-corrected chi connectivity index (χ0v) is 23.8. The summed E-state index contributed by atoms with van der Waals surface area (Å²) < 4.78 is 11.1. The molecule has 6 nitrogen and oxygen atoms in total. The van der Waals surface area contributed by atoms with Crippen LogP contribution in [0.15, 0.2) is 78.9 Å². The molecule has 1 aliphatic carbocycles. The SMILES string of the molecule is COc1ccc(OCCCC(=O)N(Cc2ccc(C)cc2)[C@@H](Cc2ccccc2)C(=O)NC2CCCCC2)cc1. The minimum absolute atomic E-state index is 0.0429. The van der Waals surface area contributed by atoms with Crippen LogP contribution in [0.5, 0.6) is 11.5 Å². The van der Waals surface area contributed by atoms with Crippen LogP contribution in [0.1, 0.15) is 61.6 Å². The summed E-state index contributed by atoms with van der Waals surface area (Å²) in [6, 6.07) is 25.2. The Morgan fingerprint density at radius 3 is 2.23 bits per heavy atom. The number of hydrogen-bond donors (Lipinski definition) is 1. The lowest BCUT2D eigenvalue weighted by Gasteiger charge is -2.33. The Kier molecular flexibility index (Phi) is 11.0. The van der Waals surface area contributed by atoms with Crippen LogP contribution < -0.4 is 14.8 Å². The summed E-state index contributed by atoms with van der Waals surface area (Å²) >= 11 is 0. The van der Waals surface area contributed by atoms with Gasteiger partial charge in [0.1, 0.15) is 17.5 Å². The number of benzene rings is 3. The smallest absolute Gasteiger partial charge is 0.243 e. The van der Waals surface area contributed by atoms with Crippen LogP contribution in [0.2, 0.25) is 0 Å². The molecule has 0 unspecified atom stereocenters. The predicted octanol–water partition coefficient (Wildman–Crippen LogP) is 6.25. The highest BCUT2D eigenvalue weighted by Crippen LogP contribution is 2.21. The summed E-state index contributed by atoms with van der Waals surface area (Å²) in [4.78, 5) is 29.4. The molecule has 1 saturated carbocycles. The van der Waals surface area contributed by atoms with E-state index in [2.05, 4.69) is 17.4 Å². The summed E-state index contributed by atoms with van der Waals surface area (Å²) in [6.45, 7) is 2.84. The predicted molar refractivity (Wildman–Crippen MR) is 158 cm³/mol. The molecule has 1 atom stereocenters. The van der Waals surface area contributed by atoms with Crippen molar-refractivity contribution < 1.29 is 19.1 Å². The number of hydrogen-bond acceptors (Lipinski definition) is 4. The highest BCUT2D eigenvalue weighted by molar-refractivity contribution is 5.88. The summed E-state index contributed by atoms with van der Waals surface area (Å²) in [7, 11) is 1.63. The Morgan fingerprint density at radius 2 is 1.55 bits per heavy atom. The second kappa shape index (κ2) is 15.1. The number of nitrogens with one attached hydrogen (secondary N) is 1. The molecule has 212 valence electrons. The van der Waals surface area contributed by atoms with Gasteiger partial charge in [-0.05, 0) is 61.6 Å². The monoisotopic (exact) mass is 542 g/mol. The summed E-state index contributed by atoms with van der Waals surface area (Å²) in [5.74, 6) is 1.40. The highest BCUT2D eigenvalue weighted by Gasteiger charge is 2.31. The van der Waals surface area contributed by atoms with Crippen molar-refractivity contribution in [2.75, 3.05) is 13.7 Å². The molecule has 3 aromatic carbocycles. The molecule has 1 aliphatic rings. The zero-order chi connectivity index (χ0) is 28.2. The van der Waals surface area contributed by atoms with Crippen molar-refractivity contribution in [3.05, 3.63) is 95.6 Å². The van der Waals surface area contributed by atoms with Crippen LogP contribution in [0.3, 0.4) is 0 Å². The standard InChI is InChI=1S/C34H42N2O4/c1-26-15-17-28(18-16-26)25-36(33(37)14-9-23-40-31-21-19-30(39-2)20-22-31)32(24-27-10-5-3-6-11-27)34(38)35-29-12-7-4-8-13-29/h3,5-6,10-11,15-22,29,32H,4,7-9,12-14,23-25H2,1-2H3,(H,35,38)/t32-/m0/s1. The molecule has 3 aromatic rings. The maximum Gasteiger partial charge on any atom is 0.243 e. The third-order valence-corrected chi connectivity index (χ3v) is 7.56. The number of nitrogens with zero attached hydrogens (tertiary/aromatic N) is 1. The number of carbonyl (C=O) groups is 2.